The first-order chi connectivity index (χ1) is 11.6. The number of benzene rings is 2. The van der Waals surface area contributed by atoms with Crippen LogP contribution in [-0.2, 0) is 10.8 Å². The number of rotatable bonds is 2. The zero-order valence-electron chi connectivity index (χ0n) is 16.6. The molecule has 0 saturated carbocycles. The smallest absolute Gasteiger partial charge is 0.200 e. The highest BCUT2D eigenvalue weighted by molar-refractivity contribution is 6.03. The minimum atomic E-state index is 0.121. The number of hydrogen-bond donors (Lipinski definition) is 2. The number of aliphatic imine (C=N–C) groups is 1. The van der Waals surface area contributed by atoms with Crippen LogP contribution in [0.3, 0.4) is 0 Å². The van der Waals surface area contributed by atoms with Crippen LogP contribution in [0.15, 0.2) is 53.5 Å². The van der Waals surface area contributed by atoms with Crippen molar-refractivity contribution in [2.24, 2.45) is 4.99 Å². The normalized spacial score (nSPS) is 11.8. The van der Waals surface area contributed by atoms with Gasteiger partial charge >= 0.3 is 0 Å². The van der Waals surface area contributed by atoms with Crippen LogP contribution >= 0.6 is 0 Å². The van der Waals surface area contributed by atoms with Crippen molar-refractivity contribution >= 4 is 17.3 Å². The summed E-state index contributed by atoms with van der Waals surface area (Å²) in [7, 11) is 1.79. The van der Waals surface area contributed by atoms with Gasteiger partial charge in [0.25, 0.3) is 0 Å². The molecule has 0 spiro atoms. The molecule has 0 aromatic heterocycles. The van der Waals surface area contributed by atoms with E-state index in [1.165, 1.54) is 11.1 Å². The Hall–Kier alpha value is -2.29. The lowest BCUT2D eigenvalue weighted by Crippen LogP contribution is -2.23. The SMILES string of the molecule is CN=C(Nc1cccc(C(C)(C)C)c1)Nc1cccc(C(C)(C)C)c1. The summed E-state index contributed by atoms with van der Waals surface area (Å²) in [6, 6.07) is 17.0. The quantitative estimate of drug-likeness (QED) is 0.537. The molecule has 0 amide bonds. The molecule has 2 N–H and O–H groups in total. The fourth-order valence-corrected chi connectivity index (χ4v) is 2.54. The molecule has 2 aromatic carbocycles. The van der Waals surface area contributed by atoms with Crippen LogP contribution in [0.2, 0.25) is 0 Å². The predicted molar refractivity (Wildman–Crippen MR) is 111 cm³/mol. The van der Waals surface area contributed by atoms with Gasteiger partial charge in [0.2, 0.25) is 0 Å². The number of hydrogen-bond acceptors (Lipinski definition) is 1. The van der Waals surface area contributed by atoms with E-state index in [1.807, 2.05) is 0 Å². The van der Waals surface area contributed by atoms with Gasteiger partial charge in [-0.25, -0.2) is 0 Å². The van der Waals surface area contributed by atoms with Gasteiger partial charge in [-0.15, -0.1) is 0 Å². The van der Waals surface area contributed by atoms with Gasteiger partial charge in [0, 0.05) is 18.4 Å². The first kappa shape index (κ1) is 19.0. The molecule has 3 heteroatoms. The fraction of sp³-hybridized carbons (Fsp3) is 0.409. The van der Waals surface area contributed by atoms with Crippen molar-refractivity contribution in [3.63, 3.8) is 0 Å². The van der Waals surface area contributed by atoms with Gasteiger partial charge in [0.1, 0.15) is 0 Å². The van der Waals surface area contributed by atoms with Crippen molar-refractivity contribution in [3.05, 3.63) is 59.7 Å². The Morgan fingerprint density at radius 1 is 0.720 bits per heavy atom. The second kappa shape index (κ2) is 7.30. The molecule has 0 radical (unpaired) electrons. The zero-order valence-corrected chi connectivity index (χ0v) is 16.6. The second-order valence-corrected chi connectivity index (χ2v) is 8.48. The van der Waals surface area contributed by atoms with Crippen LogP contribution in [0.1, 0.15) is 52.7 Å². The van der Waals surface area contributed by atoms with E-state index in [4.69, 9.17) is 0 Å². The Bertz CT molecular complexity index is 685. The molecular weight excluding hydrogens is 306 g/mol. The van der Waals surface area contributed by atoms with E-state index >= 15 is 0 Å². The third kappa shape index (κ3) is 5.35. The molecule has 0 bridgehead atoms. The van der Waals surface area contributed by atoms with E-state index in [1.54, 1.807) is 7.05 Å². The van der Waals surface area contributed by atoms with E-state index in [2.05, 4.69) is 106 Å². The van der Waals surface area contributed by atoms with E-state index in [0.29, 0.717) is 0 Å². The van der Waals surface area contributed by atoms with Crippen LogP contribution < -0.4 is 10.6 Å². The summed E-state index contributed by atoms with van der Waals surface area (Å²) in [6.07, 6.45) is 0. The lowest BCUT2D eigenvalue weighted by atomic mass is 9.87. The molecule has 2 rings (SSSR count). The maximum Gasteiger partial charge on any atom is 0.200 e. The predicted octanol–water partition coefficient (Wildman–Crippen LogP) is 5.79. The summed E-state index contributed by atoms with van der Waals surface area (Å²) in [5.41, 5.74) is 4.90. The maximum absolute atomic E-state index is 4.36. The summed E-state index contributed by atoms with van der Waals surface area (Å²) < 4.78 is 0. The van der Waals surface area contributed by atoms with Crippen molar-refractivity contribution < 1.29 is 0 Å². The highest BCUT2D eigenvalue weighted by atomic mass is 15.2. The Balaban J connectivity index is 2.17. The third-order valence-electron chi connectivity index (χ3n) is 4.21. The monoisotopic (exact) mass is 337 g/mol. The number of anilines is 2. The lowest BCUT2D eigenvalue weighted by molar-refractivity contribution is 0.590. The number of guanidine groups is 1. The molecule has 0 unspecified atom stereocenters. The van der Waals surface area contributed by atoms with Crippen LogP contribution in [0, 0.1) is 0 Å². The average molecular weight is 338 g/mol. The van der Waals surface area contributed by atoms with Crippen molar-refractivity contribution in [2.45, 2.75) is 52.4 Å². The first-order valence-electron chi connectivity index (χ1n) is 8.81. The Morgan fingerprint density at radius 3 is 1.44 bits per heavy atom. The van der Waals surface area contributed by atoms with Crippen LogP contribution in [0.4, 0.5) is 11.4 Å². The van der Waals surface area contributed by atoms with Gasteiger partial charge in [-0.2, -0.15) is 0 Å². The standard InChI is InChI=1S/C22H31N3/c1-21(2,3)16-10-8-12-18(14-16)24-20(23-7)25-19-13-9-11-17(15-19)22(4,5)6/h8-15H,1-7H3,(H2,23,24,25). The van der Waals surface area contributed by atoms with Crippen LogP contribution in [-0.4, -0.2) is 13.0 Å². The molecule has 3 nitrogen and oxygen atoms in total. The topological polar surface area (TPSA) is 36.4 Å². The molecule has 0 fully saturated rings. The molecule has 134 valence electrons. The molecule has 0 aliphatic rings. The summed E-state index contributed by atoms with van der Waals surface area (Å²) in [5.74, 6) is 0.733. The van der Waals surface area contributed by atoms with Crippen molar-refractivity contribution in [3.8, 4) is 0 Å². The molecule has 0 aliphatic heterocycles. The van der Waals surface area contributed by atoms with E-state index in [-0.39, 0.29) is 10.8 Å². The Kier molecular flexibility index (Phi) is 5.56. The highest BCUT2D eigenvalue weighted by Gasteiger charge is 2.15. The molecule has 0 heterocycles. The van der Waals surface area contributed by atoms with Crippen molar-refractivity contribution in [2.75, 3.05) is 17.7 Å². The molecule has 0 saturated heterocycles. The van der Waals surface area contributed by atoms with Crippen LogP contribution in [0.5, 0.6) is 0 Å². The fourth-order valence-electron chi connectivity index (χ4n) is 2.54. The molecule has 25 heavy (non-hydrogen) atoms. The molecular formula is C22H31N3. The van der Waals surface area contributed by atoms with Crippen LogP contribution in [0.25, 0.3) is 0 Å². The Morgan fingerprint density at radius 2 is 1.12 bits per heavy atom. The Labute approximate surface area is 152 Å². The number of nitrogens with zero attached hydrogens (tertiary/aromatic N) is 1. The average Bonchev–Trinajstić information content (AvgIpc) is 2.53. The van der Waals surface area contributed by atoms with E-state index in [9.17, 15) is 0 Å². The zero-order chi connectivity index (χ0) is 18.7. The third-order valence-corrected chi connectivity index (χ3v) is 4.21. The maximum atomic E-state index is 4.36. The van der Waals surface area contributed by atoms with Gasteiger partial charge in [-0.3, -0.25) is 4.99 Å². The minimum Gasteiger partial charge on any atom is -0.326 e. The second-order valence-electron chi connectivity index (χ2n) is 8.48. The number of nitrogens with one attached hydrogen (secondary N) is 2. The van der Waals surface area contributed by atoms with Gasteiger partial charge in [-0.1, -0.05) is 65.8 Å². The van der Waals surface area contributed by atoms with Crippen molar-refractivity contribution in [1.29, 1.82) is 0 Å². The van der Waals surface area contributed by atoms with Gasteiger partial charge in [-0.05, 0) is 46.2 Å². The highest BCUT2D eigenvalue weighted by Crippen LogP contribution is 2.26. The minimum absolute atomic E-state index is 0.121. The summed E-state index contributed by atoms with van der Waals surface area (Å²) in [6.45, 7) is 13.3. The van der Waals surface area contributed by atoms with Gasteiger partial charge in [0.05, 0.1) is 0 Å². The van der Waals surface area contributed by atoms with Gasteiger partial charge < -0.3 is 10.6 Å². The largest absolute Gasteiger partial charge is 0.326 e. The molecule has 2 aromatic rings. The summed E-state index contributed by atoms with van der Waals surface area (Å²) >= 11 is 0. The summed E-state index contributed by atoms with van der Waals surface area (Å²) in [4.78, 5) is 4.36. The van der Waals surface area contributed by atoms with Crippen molar-refractivity contribution in [1.82, 2.24) is 0 Å². The summed E-state index contributed by atoms with van der Waals surface area (Å²) in [5, 5.41) is 6.77. The van der Waals surface area contributed by atoms with E-state index in [0.717, 1.165) is 17.3 Å². The molecule has 0 aliphatic carbocycles. The van der Waals surface area contributed by atoms with E-state index < -0.39 is 0 Å². The lowest BCUT2D eigenvalue weighted by Gasteiger charge is -2.21. The molecule has 0 atom stereocenters. The first-order valence-corrected chi connectivity index (χ1v) is 8.81. The van der Waals surface area contributed by atoms with Gasteiger partial charge in [0.15, 0.2) is 5.96 Å².